The summed E-state index contributed by atoms with van der Waals surface area (Å²) >= 11 is 0. The number of hydrogen-bond acceptors (Lipinski definition) is 5. The van der Waals surface area contributed by atoms with Crippen LogP contribution in [-0.4, -0.2) is 54.1 Å². The van der Waals surface area contributed by atoms with Crippen LogP contribution >= 0.6 is 0 Å². The van der Waals surface area contributed by atoms with Gasteiger partial charge in [-0.15, -0.1) is 0 Å². The van der Waals surface area contributed by atoms with Gasteiger partial charge in [0.1, 0.15) is 18.0 Å². The number of aryl methyl sites for hydroxylation is 1. The third-order valence-electron chi connectivity index (χ3n) is 4.92. The molecule has 3 heterocycles. The zero-order chi connectivity index (χ0) is 17.8. The fraction of sp³-hybridized carbons (Fsp3) is 0.667. The molecule has 7 heteroatoms. The molecule has 0 bridgehead atoms. The molecule has 0 aromatic carbocycles. The van der Waals surface area contributed by atoms with E-state index in [2.05, 4.69) is 0 Å². The van der Waals surface area contributed by atoms with Crippen LogP contribution in [0.1, 0.15) is 31.4 Å². The summed E-state index contributed by atoms with van der Waals surface area (Å²) in [5.74, 6) is 0.601. The number of carbonyl (C=O) groups excluding carboxylic acids is 1. The van der Waals surface area contributed by atoms with Crippen molar-refractivity contribution >= 4 is 6.09 Å². The average Bonchev–Trinajstić information content (AvgIpc) is 2.61. The van der Waals surface area contributed by atoms with Gasteiger partial charge in [0.2, 0.25) is 0 Å². The van der Waals surface area contributed by atoms with Crippen molar-refractivity contribution in [2.75, 3.05) is 26.3 Å². The van der Waals surface area contributed by atoms with Crippen molar-refractivity contribution in [2.45, 2.75) is 44.8 Å². The lowest BCUT2D eigenvalue weighted by Crippen LogP contribution is -2.43. The number of ether oxygens (including phenoxy) is 3. The molecule has 7 nitrogen and oxygen atoms in total. The molecule has 2 saturated heterocycles. The minimum absolute atomic E-state index is 0.0126. The van der Waals surface area contributed by atoms with Crippen LogP contribution in [0.25, 0.3) is 0 Å². The Balaban J connectivity index is 1.48. The van der Waals surface area contributed by atoms with Crippen molar-refractivity contribution in [2.24, 2.45) is 7.05 Å². The standard InChI is InChI=1S/C18H26N2O5/c1-13-11-16(12-17(21)19(13)2)24-14-3-7-20(8-4-14)18(22)25-15-5-9-23-10-6-15/h11-12,14-15H,3-10H2,1-2H3. The molecular formula is C18H26N2O5. The predicted molar refractivity (Wildman–Crippen MR) is 92.0 cm³/mol. The number of amides is 1. The second-order valence-corrected chi connectivity index (χ2v) is 6.73. The third-order valence-corrected chi connectivity index (χ3v) is 4.92. The highest BCUT2D eigenvalue weighted by Gasteiger charge is 2.27. The van der Waals surface area contributed by atoms with Gasteiger partial charge in [-0.2, -0.15) is 0 Å². The van der Waals surface area contributed by atoms with Crippen LogP contribution in [0, 0.1) is 6.92 Å². The lowest BCUT2D eigenvalue weighted by Gasteiger charge is -2.33. The molecule has 1 aromatic rings. The molecule has 138 valence electrons. The first-order valence-electron chi connectivity index (χ1n) is 8.90. The molecular weight excluding hydrogens is 324 g/mol. The smallest absolute Gasteiger partial charge is 0.410 e. The van der Waals surface area contributed by atoms with E-state index in [1.165, 1.54) is 6.07 Å². The first kappa shape index (κ1) is 17.8. The second kappa shape index (κ2) is 7.91. The first-order chi connectivity index (χ1) is 12.0. The Kier molecular flexibility index (Phi) is 5.63. The maximum absolute atomic E-state index is 12.2. The fourth-order valence-corrected chi connectivity index (χ4v) is 3.16. The monoisotopic (exact) mass is 350 g/mol. The third kappa shape index (κ3) is 4.54. The van der Waals surface area contributed by atoms with Gasteiger partial charge in [-0.1, -0.05) is 0 Å². The van der Waals surface area contributed by atoms with Gasteiger partial charge in [-0.05, 0) is 13.0 Å². The number of likely N-dealkylation sites (tertiary alicyclic amines) is 1. The Morgan fingerprint density at radius 3 is 2.44 bits per heavy atom. The van der Waals surface area contributed by atoms with E-state index in [1.54, 1.807) is 16.5 Å². The summed E-state index contributed by atoms with van der Waals surface area (Å²) in [5, 5.41) is 0. The number of nitrogens with zero attached hydrogens (tertiary/aromatic N) is 2. The van der Waals surface area contributed by atoms with Crippen molar-refractivity contribution in [3.8, 4) is 5.75 Å². The average molecular weight is 350 g/mol. The van der Waals surface area contributed by atoms with E-state index in [0.29, 0.717) is 32.1 Å². The molecule has 2 aliphatic heterocycles. The zero-order valence-electron chi connectivity index (χ0n) is 14.9. The van der Waals surface area contributed by atoms with E-state index in [1.807, 2.05) is 13.0 Å². The Hall–Kier alpha value is -2.02. The van der Waals surface area contributed by atoms with Crippen molar-refractivity contribution in [3.63, 3.8) is 0 Å². The minimum Gasteiger partial charge on any atom is -0.490 e. The summed E-state index contributed by atoms with van der Waals surface area (Å²) in [7, 11) is 1.74. The molecule has 1 aromatic heterocycles. The Morgan fingerprint density at radius 1 is 1.12 bits per heavy atom. The summed E-state index contributed by atoms with van der Waals surface area (Å²) in [4.78, 5) is 25.8. The summed E-state index contributed by atoms with van der Waals surface area (Å²) in [6, 6.07) is 3.38. The molecule has 1 amide bonds. The van der Waals surface area contributed by atoms with Gasteiger partial charge in [-0.3, -0.25) is 4.79 Å². The van der Waals surface area contributed by atoms with E-state index in [9.17, 15) is 9.59 Å². The van der Waals surface area contributed by atoms with Crippen molar-refractivity contribution in [3.05, 3.63) is 28.2 Å². The highest BCUT2D eigenvalue weighted by atomic mass is 16.6. The number of rotatable bonds is 3. The van der Waals surface area contributed by atoms with Crippen LogP contribution in [0.2, 0.25) is 0 Å². The van der Waals surface area contributed by atoms with E-state index in [4.69, 9.17) is 14.2 Å². The molecule has 0 radical (unpaired) electrons. The summed E-state index contributed by atoms with van der Waals surface area (Å²) < 4.78 is 18.4. The molecule has 25 heavy (non-hydrogen) atoms. The van der Waals surface area contributed by atoms with E-state index >= 15 is 0 Å². The fourth-order valence-electron chi connectivity index (χ4n) is 3.16. The number of hydrogen-bond donors (Lipinski definition) is 0. The van der Waals surface area contributed by atoms with Crippen LogP contribution in [0.5, 0.6) is 5.75 Å². The molecule has 2 fully saturated rings. The van der Waals surface area contributed by atoms with E-state index in [-0.39, 0.29) is 23.9 Å². The van der Waals surface area contributed by atoms with Gasteiger partial charge in [0.05, 0.1) is 13.2 Å². The van der Waals surface area contributed by atoms with Gasteiger partial charge in [0.15, 0.2) is 0 Å². The zero-order valence-corrected chi connectivity index (χ0v) is 14.9. The van der Waals surface area contributed by atoms with Crippen LogP contribution < -0.4 is 10.3 Å². The number of pyridine rings is 1. The summed E-state index contributed by atoms with van der Waals surface area (Å²) in [6.45, 7) is 4.41. The number of aromatic nitrogens is 1. The molecule has 0 unspecified atom stereocenters. The van der Waals surface area contributed by atoms with Gasteiger partial charge >= 0.3 is 6.09 Å². The molecule has 0 N–H and O–H groups in total. The molecule has 0 aliphatic carbocycles. The maximum atomic E-state index is 12.2. The normalized spacial score (nSPS) is 19.7. The van der Waals surface area contributed by atoms with Crippen molar-refractivity contribution < 1.29 is 19.0 Å². The number of piperidine rings is 1. The minimum atomic E-state index is -0.241. The van der Waals surface area contributed by atoms with Gasteiger partial charge in [0.25, 0.3) is 5.56 Å². The Labute approximate surface area is 147 Å². The van der Waals surface area contributed by atoms with Crippen LogP contribution in [-0.2, 0) is 16.5 Å². The Bertz CT molecular complexity index is 658. The highest BCUT2D eigenvalue weighted by Crippen LogP contribution is 2.20. The lowest BCUT2D eigenvalue weighted by molar-refractivity contribution is -0.0150. The van der Waals surface area contributed by atoms with Crippen LogP contribution in [0.3, 0.4) is 0 Å². The first-order valence-corrected chi connectivity index (χ1v) is 8.90. The molecule has 2 aliphatic rings. The van der Waals surface area contributed by atoms with Crippen molar-refractivity contribution in [1.82, 2.24) is 9.47 Å². The van der Waals surface area contributed by atoms with Gasteiger partial charge in [0, 0.05) is 57.6 Å². The Morgan fingerprint density at radius 2 is 1.80 bits per heavy atom. The quantitative estimate of drug-likeness (QED) is 0.832. The topological polar surface area (TPSA) is 70.0 Å². The molecule has 0 atom stereocenters. The largest absolute Gasteiger partial charge is 0.490 e. The SMILES string of the molecule is Cc1cc(OC2CCN(C(=O)OC3CCOCC3)CC2)cc(=O)n1C. The molecule has 3 rings (SSSR count). The van der Waals surface area contributed by atoms with Crippen molar-refractivity contribution in [1.29, 1.82) is 0 Å². The summed E-state index contributed by atoms with van der Waals surface area (Å²) in [6.07, 6.45) is 2.75. The van der Waals surface area contributed by atoms with Crippen LogP contribution in [0.4, 0.5) is 4.79 Å². The number of carbonyl (C=O) groups is 1. The van der Waals surface area contributed by atoms with Gasteiger partial charge in [-0.25, -0.2) is 4.79 Å². The lowest BCUT2D eigenvalue weighted by atomic mass is 10.1. The predicted octanol–water partition coefficient (Wildman–Crippen LogP) is 1.85. The highest BCUT2D eigenvalue weighted by molar-refractivity contribution is 5.68. The van der Waals surface area contributed by atoms with E-state index in [0.717, 1.165) is 31.4 Å². The second-order valence-electron chi connectivity index (χ2n) is 6.73. The van der Waals surface area contributed by atoms with Crippen LogP contribution in [0.15, 0.2) is 16.9 Å². The summed E-state index contributed by atoms with van der Waals surface area (Å²) in [5.41, 5.74) is 0.785. The molecule has 0 spiro atoms. The maximum Gasteiger partial charge on any atom is 0.410 e. The van der Waals surface area contributed by atoms with E-state index < -0.39 is 0 Å². The van der Waals surface area contributed by atoms with Gasteiger partial charge < -0.3 is 23.7 Å². The molecule has 0 saturated carbocycles.